The molecule has 1 atom stereocenters. The molecule has 14 heavy (non-hydrogen) atoms. The Labute approximate surface area is 88.3 Å². The fourth-order valence-corrected chi connectivity index (χ4v) is 0.909. The van der Waals surface area contributed by atoms with E-state index in [0.717, 1.165) is 0 Å². The van der Waals surface area contributed by atoms with Gasteiger partial charge in [0.05, 0.1) is 24.0 Å². The van der Waals surface area contributed by atoms with Crippen LogP contribution >= 0.6 is 11.6 Å². The minimum atomic E-state index is -0.486. The number of aromatic nitrogens is 2. The highest BCUT2D eigenvalue weighted by Gasteiger charge is 2.23. The summed E-state index contributed by atoms with van der Waals surface area (Å²) in [6.07, 6.45) is 2.51. The molecule has 0 spiro atoms. The van der Waals surface area contributed by atoms with Gasteiger partial charge in [-0.05, 0) is 20.8 Å². The zero-order valence-corrected chi connectivity index (χ0v) is 9.21. The lowest BCUT2D eigenvalue weighted by molar-refractivity contribution is 0.133. The van der Waals surface area contributed by atoms with Crippen LogP contribution in [0.3, 0.4) is 0 Å². The Balaban J connectivity index is 2.74. The van der Waals surface area contributed by atoms with Crippen molar-refractivity contribution < 1.29 is 5.11 Å². The summed E-state index contributed by atoms with van der Waals surface area (Å²) in [5.41, 5.74) is -0.442. The third kappa shape index (κ3) is 2.82. The Morgan fingerprint density at radius 2 is 2.07 bits per heavy atom. The Morgan fingerprint density at radius 1 is 1.43 bits per heavy atom. The van der Waals surface area contributed by atoms with Crippen LogP contribution in [-0.4, -0.2) is 26.7 Å². The van der Waals surface area contributed by atoms with Crippen LogP contribution in [0.5, 0.6) is 0 Å². The molecule has 1 aromatic heterocycles. The van der Waals surface area contributed by atoms with E-state index in [1.807, 2.05) is 13.8 Å². The zero-order valence-electron chi connectivity index (χ0n) is 8.45. The Bertz CT molecular complexity index is 297. The summed E-state index contributed by atoms with van der Waals surface area (Å²) in [5.74, 6) is 0.598. The van der Waals surface area contributed by atoms with E-state index in [4.69, 9.17) is 11.6 Å². The topological polar surface area (TPSA) is 58.0 Å². The summed E-state index contributed by atoms with van der Waals surface area (Å²) in [6.45, 7) is 5.48. The summed E-state index contributed by atoms with van der Waals surface area (Å²) >= 11 is 5.59. The quantitative estimate of drug-likeness (QED) is 0.806. The lowest BCUT2D eigenvalue weighted by Crippen LogP contribution is -2.42. The van der Waals surface area contributed by atoms with Crippen LogP contribution in [0.25, 0.3) is 0 Å². The lowest BCUT2D eigenvalue weighted by Gasteiger charge is -2.29. The molecule has 0 saturated carbocycles. The minimum Gasteiger partial charge on any atom is -0.391 e. The van der Waals surface area contributed by atoms with Crippen molar-refractivity contribution in [2.75, 3.05) is 5.32 Å². The number of hydrogen-bond donors (Lipinski definition) is 2. The summed E-state index contributed by atoms with van der Waals surface area (Å²) in [4.78, 5) is 7.91. The predicted octanol–water partition coefficient (Wildman–Crippen LogP) is 1.70. The minimum absolute atomic E-state index is 0.352. The Kier molecular flexibility index (Phi) is 3.29. The van der Waals surface area contributed by atoms with Crippen LogP contribution in [0.4, 0.5) is 5.82 Å². The van der Waals surface area contributed by atoms with E-state index in [0.29, 0.717) is 11.0 Å². The molecular formula is C9H14ClN3O. The molecule has 0 amide bonds. The summed E-state index contributed by atoms with van der Waals surface area (Å²) in [5, 5.41) is 12.9. The first-order valence-corrected chi connectivity index (χ1v) is 4.73. The maximum atomic E-state index is 9.46. The van der Waals surface area contributed by atoms with Crippen LogP contribution in [0.15, 0.2) is 12.4 Å². The SMILES string of the molecule is CC(O)C(C)(C)Nc1cnc(Cl)cn1. The standard InChI is InChI=1S/C9H14ClN3O/c1-6(14)9(2,3)13-8-5-11-7(10)4-12-8/h4-6,14H,1-3H3,(H,12,13). The number of halogens is 1. The van der Waals surface area contributed by atoms with E-state index in [9.17, 15) is 5.11 Å². The van der Waals surface area contributed by atoms with Gasteiger partial charge in [-0.1, -0.05) is 11.6 Å². The molecule has 0 aliphatic rings. The van der Waals surface area contributed by atoms with Gasteiger partial charge in [-0.3, -0.25) is 0 Å². The highest BCUT2D eigenvalue weighted by atomic mass is 35.5. The molecule has 1 rings (SSSR count). The van der Waals surface area contributed by atoms with Crippen molar-refractivity contribution in [1.29, 1.82) is 0 Å². The number of rotatable bonds is 3. The Morgan fingerprint density at radius 3 is 2.50 bits per heavy atom. The molecule has 0 saturated heterocycles. The van der Waals surface area contributed by atoms with E-state index in [2.05, 4.69) is 15.3 Å². The Hall–Kier alpha value is -0.870. The monoisotopic (exact) mass is 215 g/mol. The second kappa shape index (κ2) is 4.11. The zero-order chi connectivity index (χ0) is 10.8. The molecular weight excluding hydrogens is 202 g/mol. The van der Waals surface area contributed by atoms with Crippen LogP contribution in [-0.2, 0) is 0 Å². The second-order valence-corrected chi connectivity index (χ2v) is 4.13. The predicted molar refractivity (Wildman–Crippen MR) is 56.4 cm³/mol. The second-order valence-electron chi connectivity index (χ2n) is 3.75. The molecule has 78 valence electrons. The highest BCUT2D eigenvalue weighted by Crippen LogP contribution is 2.16. The molecule has 0 fully saturated rings. The average Bonchev–Trinajstić information content (AvgIpc) is 2.08. The number of nitrogens with one attached hydrogen (secondary N) is 1. The van der Waals surface area contributed by atoms with Gasteiger partial charge in [-0.15, -0.1) is 0 Å². The first kappa shape index (κ1) is 11.2. The van der Waals surface area contributed by atoms with Crippen molar-refractivity contribution in [1.82, 2.24) is 9.97 Å². The van der Waals surface area contributed by atoms with Gasteiger partial charge in [0.15, 0.2) is 0 Å². The molecule has 2 N–H and O–H groups in total. The number of nitrogens with zero attached hydrogens (tertiary/aromatic N) is 2. The first-order chi connectivity index (χ1) is 6.42. The van der Waals surface area contributed by atoms with Crippen molar-refractivity contribution in [3.8, 4) is 0 Å². The van der Waals surface area contributed by atoms with Crippen molar-refractivity contribution in [3.05, 3.63) is 17.5 Å². The smallest absolute Gasteiger partial charge is 0.147 e. The lowest BCUT2D eigenvalue weighted by atomic mass is 9.99. The van der Waals surface area contributed by atoms with Crippen molar-refractivity contribution in [2.24, 2.45) is 0 Å². The molecule has 0 aliphatic heterocycles. The molecule has 1 unspecified atom stereocenters. The molecule has 0 radical (unpaired) electrons. The molecule has 0 aromatic carbocycles. The van der Waals surface area contributed by atoms with Gasteiger partial charge in [0.25, 0.3) is 0 Å². The van der Waals surface area contributed by atoms with Crippen LogP contribution in [0, 0.1) is 0 Å². The van der Waals surface area contributed by atoms with Gasteiger partial charge in [0.2, 0.25) is 0 Å². The van der Waals surface area contributed by atoms with Gasteiger partial charge in [-0.2, -0.15) is 0 Å². The third-order valence-corrected chi connectivity index (χ3v) is 2.31. The maximum Gasteiger partial charge on any atom is 0.147 e. The van der Waals surface area contributed by atoms with E-state index in [-0.39, 0.29) is 0 Å². The van der Waals surface area contributed by atoms with Gasteiger partial charge in [0.1, 0.15) is 11.0 Å². The van der Waals surface area contributed by atoms with Crippen LogP contribution < -0.4 is 5.32 Å². The molecule has 1 heterocycles. The van der Waals surface area contributed by atoms with Crippen LogP contribution in [0.2, 0.25) is 5.15 Å². The average molecular weight is 216 g/mol. The van der Waals surface area contributed by atoms with Crippen molar-refractivity contribution in [3.63, 3.8) is 0 Å². The fourth-order valence-electron chi connectivity index (χ4n) is 0.811. The van der Waals surface area contributed by atoms with Gasteiger partial charge in [-0.25, -0.2) is 9.97 Å². The maximum absolute atomic E-state index is 9.46. The van der Waals surface area contributed by atoms with Crippen LogP contribution in [0.1, 0.15) is 20.8 Å². The summed E-state index contributed by atoms with van der Waals surface area (Å²) in [7, 11) is 0. The summed E-state index contributed by atoms with van der Waals surface area (Å²) in [6, 6.07) is 0. The molecule has 0 bridgehead atoms. The molecule has 1 aromatic rings. The van der Waals surface area contributed by atoms with E-state index >= 15 is 0 Å². The first-order valence-electron chi connectivity index (χ1n) is 4.35. The molecule has 4 nitrogen and oxygen atoms in total. The van der Waals surface area contributed by atoms with E-state index in [1.54, 1.807) is 6.92 Å². The largest absolute Gasteiger partial charge is 0.391 e. The number of aliphatic hydroxyl groups is 1. The normalized spacial score (nSPS) is 13.8. The number of anilines is 1. The molecule has 0 aliphatic carbocycles. The van der Waals surface area contributed by atoms with E-state index < -0.39 is 11.6 Å². The van der Waals surface area contributed by atoms with Crippen molar-refractivity contribution >= 4 is 17.4 Å². The number of hydrogen-bond acceptors (Lipinski definition) is 4. The van der Waals surface area contributed by atoms with E-state index in [1.165, 1.54) is 12.4 Å². The van der Waals surface area contributed by atoms with Crippen molar-refractivity contribution in [2.45, 2.75) is 32.4 Å². The van der Waals surface area contributed by atoms with Gasteiger partial charge >= 0.3 is 0 Å². The molecule has 5 heteroatoms. The summed E-state index contributed by atoms with van der Waals surface area (Å²) < 4.78 is 0. The van der Waals surface area contributed by atoms with Gasteiger partial charge in [0, 0.05) is 0 Å². The van der Waals surface area contributed by atoms with Gasteiger partial charge < -0.3 is 10.4 Å². The highest BCUT2D eigenvalue weighted by molar-refractivity contribution is 6.29. The third-order valence-electron chi connectivity index (χ3n) is 2.12. The number of aliphatic hydroxyl groups excluding tert-OH is 1. The fraction of sp³-hybridized carbons (Fsp3) is 0.556.